The summed E-state index contributed by atoms with van der Waals surface area (Å²) in [5.74, 6) is -1.56. The molecule has 0 spiro atoms. The fourth-order valence-electron chi connectivity index (χ4n) is 3.71. The fourth-order valence-corrected chi connectivity index (χ4v) is 3.71. The van der Waals surface area contributed by atoms with Crippen molar-refractivity contribution in [3.05, 3.63) is 78.0 Å². The Balaban J connectivity index is 1.36. The first-order chi connectivity index (χ1) is 15.0. The van der Waals surface area contributed by atoms with Gasteiger partial charge in [0, 0.05) is 43.3 Å². The van der Waals surface area contributed by atoms with E-state index in [0.717, 1.165) is 0 Å². The molecule has 0 radical (unpaired) electrons. The summed E-state index contributed by atoms with van der Waals surface area (Å²) in [5, 5.41) is 12.4. The Labute approximate surface area is 178 Å². The van der Waals surface area contributed by atoms with Gasteiger partial charge < -0.3 is 15.3 Å². The van der Waals surface area contributed by atoms with Gasteiger partial charge in [0.2, 0.25) is 0 Å². The third kappa shape index (κ3) is 4.69. The van der Waals surface area contributed by atoms with Gasteiger partial charge in [0.1, 0.15) is 11.4 Å². The second-order valence-corrected chi connectivity index (χ2v) is 7.38. The highest BCUT2D eigenvalue weighted by Crippen LogP contribution is 2.24. The van der Waals surface area contributed by atoms with Crippen LogP contribution < -0.4 is 10.2 Å². The first-order valence-electron chi connectivity index (χ1n) is 9.96. The summed E-state index contributed by atoms with van der Waals surface area (Å²) in [4.78, 5) is 34.2. The number of anilines is 1. The van der Waals surface area contributed by atoms with Crippen LogP contribution >= 0.6 is 0 Å². The topological polar surface area (TPSA) is 95.4 Å². The first-order valence-corrected chi connectivity index (χ1v) is 9.96. The minimum atomic E-state index is -1.01. The van der Waals surface area contributed by atoms with E-state index in [9.17, 15) is 19.1 Å². The summed E-state index contributed by atoms with van der Waals surface area (Å²) in [6, 6.07) is 11.2. The molecule has 3 heterocycles. The van der Waals surface area contributed by atoms with Gasteiger partial charge in [-0.3, -0.25) is 14.8 Å². The second-order valence-electron chi connectivity index (χ2n) is 7.38. The monoisotopic (exact) mass is 420 g/mol. The number of carbonyl (C=O) groups excluding carboxylic acids is 1. The maximum atomic E-state index is 13.4. The van der Waals surface area contributed by atoms with Crippen LogP contribution in [0.2, 0.25) is 0 Å². The van der Waals surface area contributed by atoms with E-state index < -0.39 is 5.97 Å². The predicted molar refractivity (Wildman–Crippen MR) is 114 cm³/mol. The van der Waals surface area contributed by atoms with Crippen molar-refractivity contribution in [2.24, 2.45) is 0 Å². The summed E-state index contributed by atoms with van der Waals surface area (Å²) in [6.45, 7) is 1.26. The molecule has 4 rings (SSSR count). The van der Waals surface area contributed by atoms with Crippen LogP contribution in [-0.2, 0) is 0 Å². The number of rotatable bonds is 5. The smallest absolute Gasteiger partial charge is 0.339 e. The van der Waals surface area contributed by atoms with Crippen LogP contribution in [0.3, 0.4) is 0 Å². The lowest BCUT2D eigenvalue weighted by Crippen LogP contribution is -2.45. The van der Waals surface area contributed by atoms with Crippen LogP contribution in [0.1, 0.15) is 33.6 Å². The van der Waals surface area contributed by atoms with Crippen molar-refractivity contribution >= 4 is 17.6 Å². The number of carboxylic acids is 1. The molecule has 1 saturated heterocycles. The van der Waals surface area contributed by atoms with E-state index >= 15 is 0 Å². The quantitative estimate of drug-likeness (QED) is 0.657. The van der Waals surface area contributed by atoms with Gasteiger partial charge >= 0.3 is 5.97 Å². The number of nitrogens with one attached hydrogen (secondary N) is 1. The van der Waals surface area contributed by atoms with Gasteiger partial charge in [-0.05, 0) is 43.2 Å². The van der Waals surface area contributed by atoms with Crippen molar-refractivity contribution < 1.29 is 19.1 Å². The number of aromatic nitrogens is 2. The molecule has 0 unspecified atom stereocenters. The van der Waals surface area contributed by atoms with E-state index in [-0.39, 0.29) is 23.3 Å². The third-order valence-corrected chi connectivity index (χ3v) is 5.35. The molecular weight excluding hydrogens is 399 g/mol. The largest absolute Gasteiger partial charge is 0.478 e. The van der Waals surface area contributed by atoms with Gasteiger partial charge in [0.05, 0.1) is 16.9 Å². The Morgan fingerprint density at radius 2 is 1.90 bits per heavy atom. The zero-order chi connectivity index (χ0) is 21.8. The molecule has 158 valence electrons. The normalized spacial score (nSPS) is 14.3. The Hall–Kier alpha value is -3.81. The lowest BCUT2D eigenvalue weighted by Gasteiger charge is -2.34. The number of aromatic carboxylic acids is 1. The molecule has 1 amide bonds. The van der Waals surface area contributed by atoms with Gasteiger partial charge in [-0.2, -0.15) is 0 Å². The molecule has 8 heteroatoms. The number of piperidine rings is 1. The highest BCUT2D eigenvalue weighted by molar-refractivity contribution is 5.95. The minimum Gasteiger partial charge on any atom is -0.478 e. The van der Waals surface area contributed by atoms with Crippen LogP contribution in [-0.4, -0.2) is 46.1 Å². The molecule has 7 nitrogen and oxygen atoms in total. The van der Waals surface area contributed by atoms with E-state index in [0.29, 0.717) is 48.4 Å². The van der Waals surface area contributed by atoms with E-state index in [4.69, 9.17) is 0 Å². The SMILES string of the molecule is O=C(NC1CCN(c2ccncc2C(=O)O)CC1)c1ccc(-c2cccc(F)c2)nc1. The Morgan fingerprint density at radius 1 is 1.10 bits per heavy atom. The summed E-state index contributed by atoms with van der Waals surface area (Å²) in [7, 11) is 0. The number of carboxylic acid groups (broad SMARTS) is 1. The van der Waals surface area contributed by atoms with Crippen LogP contribution in [0.5, 0.6) is 0 Å². The van der Waals surface area contributed by atoms with Gasteiger partial charge in [0.15, 0.2) is 0 Å². The van der Waals surface area contributed by atoms with Crippen LogP contribution in [0.25, 0.3) is 11.3 Å². The van der Waals surface area contributed by atoms with Crippen molar-refractivity contribution in [2.45, 2.75) is 18.9 Å². The van der Waals surface area contributed by atoms with E-state index in [1.807, 2.05) is 4.90 Å². The Kier molecular flexibility index (Phi) is 5.88. The predicted octanol–water partition coefficient (Wildman–Crippen LogP) is 3.38. The van der Waals surface area contributed by atoms with Crippen molar-refractivity contribution in [2.75, 3.05) is 18.0 Å². The summed E-state index contributed by atoms with van der Waals surface area (Å²) >= 11 is 0. The molecule has 0 bridgehead atoms. The van der Waals surface area contributed by atoms with Crippen molar-refractivity contribution in [3.63, 3.8) is 0 Å². The number of amides is 1. The number of carbonyl (C=O) groups is 2. The van der Waals surface area contributed by atoms with Crippen LogP contribution in [0, 0.1) is 5.82 Å². The number of halogens is 1. The zero-order valence-electron chi connectivity index (χ0n) is 16.7. The van der Waals surface area contributed by atoms with Gasteiger partial charge in [-0.1, -0.05) is 12.1 Å². The number of hydrogen-bond donors (Lipinski definition) is 2. The Bertz CT molecular complexity index is 1100. The van der Waals surface area contributed by atoms with Crippen LogP contribution in [0.4, 0.5) is 10.1 Å². The number of pyridine rings is 2. The lowest BCUT2D eigenvalue weighted by atomic mass is 10.0. The summed E-state index contributed by atoms with van der Waals surface area (Å²) in [5.41, 5.74) is 2.50. The molecule has 0 atom stereocenters. The second kappa shape index (κ2) is 8.91. The number of benzene rings is 1. The number of hydrogen-bond acceptors (Lipinski definition) is 5. The molecule has 31 heavy (non-hydrogen) atoms. The highest BCUT2D eigenvalue weighted by Gasteiger charge is 2.24. The molecule has 0 aliphatic carbocycles. The van der Waals surface area contributed by atoms with Crippen LogP contribution in [0.15, 0.2) is 61.1 Å². The molecule has 2 aromatic heterocycles. The minimum absolute atomic E-state index is 0.0123. The molecule has 3 aromatic rings. The average Bonchev–Trinajstić information content (AvgIpc) is 2.79. The molecule has 2 N–H and O–H groups in total. The third-order valence-electron chi connectivity index (χ3n) is 5.35. The molecule has 1 fully saturated rings. The van der Waals surface area contributed by atoms with Crippen molar-refractivity contribution in [3.8, 4) is 11.3 Å². The fraction of sp³-hybridized carbons (Fsp3) is 0.217. The number of nitrogens with zero attached hydrogens (tertiary/aromatic N) is 3. The lowest BCUT2D eigenvalue weighted by molar-refractivity contribution is 0.0697. The summed E-state index contributed by atoms with van der Waals surface area (Å²) < 4.78 is 13.4. The van der Waals surface area contributed by atoms with Crippen molar-refractivity contribution in [1.82, 2.24) is 15.3 Å². The van der Waals surface area contributed by atoms with Gasteiger partial charge in [-0.25, -0.2) is 9.18 Å². The highest BCUT2D eigenvalue weighted by atomic mass is 19.1. The maximum absolute atomic E-state index is 13.4. The van der Waals surface area contributed by atoms with E-state index in [2.05, 4.69) is 15.3 Å². The van der Waals surface area contributed by atoms with Gasteiger partial charge in [0.25, 0.3) is 5.91 Å². The molecule has 1 aliphatic heterocycles. The molecule has 1 aromatic carbocycles. The first kappa shape index (κ1) is 20.5. The Morgan fingerprint density at radius 3 is 2.58 bits per heavy atom. The zero-order valence-corrected chi connectivity index (χ0v) is 16.7. The van der Waals surface area contributed by atoms with Crippen molar-refractivity contribution in [1.29, 1.82) is 0 Å². The van der Waals surface area contributed by atoms with E-state index in [1.165, 1.54) is 24.5 Å². The van der Waals surface area contributed by atoms with Gasteiger partial charge in [-0.15, -0.1) is 0 Å². The summed E-state index contributed by atoms with van der Waals surface area (Å²) in [6.07, 6.45) is 5.81. The maximum Gasteiger partial charge on any atom is 0.339 e. The van der Waals surface area contributed by atoms with E-state index in [1.54, 1.807) is 36.5 Å². The molecule has 0 saturated carbocycles. The molecule has 1 aliphatic rings. The molecular formula is C23H21FN4O3. The average molecular weight is 420 g/mol. The standard InChI is InChI=1S/C23H21FN4O3/c24-17-3-1-2-15(12-17)20-5-4-16(13-26-20)22(29)27-18-7-10-28(11-8-18)21-6-9-25-14-19(21)23(30)31/h1-6,9,12-14,18H,7-8,10-11H2,(H,27,29)(H,30,31).